The van der Waals surface area contributed by atoms with Crippen LogP contribution in [0.4, 0.5) is 5.69 Å². The smallest absolute Gasteiger partial charge is 0.311 e. The molecule has 5 aliphatic rings. The molecule has 6 rings (SSSR count). The highest BCUT2D eigenvalue weighted by Gasteiger charge is 2.59. The first-order chi connectivity index (χ1) is 30.9. The number of β-amino-alcohol motifs (C(OH)–C–C–N with tert-alkyl or cyclic N) is 1. The summed E-state index contributed by atoms with van der Waals surface area (Å²) in [6, 6.07) is 9.24. The molecule has 5 N–H and O–H groups in total. The fourth-order valence-electron chi connectivity index (χ4n) is 11.1. The molecule has 5 saturated heterocycles. The minimum Gasteiger partial charge on any atom is -0.459 e. The van der Waals surface area contributed by atoms with E-state index in [0.717, 1.165) is 31.9 Å². The Morgan fingerprint density at radius 2 is 1.58 bits per heavy atom. The molecule has 18 atom stereocenters. The summed E-state index contributed by atoms with van der Waals surface area (Å²) in [5, 5.41) is 52.2. The van der Waals surface area contributed by atoms with Crippen molar-refractivity contribution >= 4 is 17.7 Å². The number of ether oxygens (including phenoxy) is 7. The molecule has 5 aliphatic heterocycles. The van der Waals surface area contributed by atoms with Gasteiger partial charge < -0.3 is 68.7 Å². The second-order valence-electron chi connectivity index (χ2n) is 21.1. The van der Waals surface area contributed by atoms with E-state index in [1.807, 2.05) is 76.9 Å². The van der Waals surface area contributed by atoms with Gasteiger partial charge in [0.05, 0.1) is 47.7 Å². The number of carbonyl (C=O) groups is 1. The number of nitrogens with one attached hydrogen (secondary N) is 1. The number of esters is 1. The van der Waals surface area contributed by atoms with Crippen LogP contribution in [0.25, 0.3) is 0 Å². The number of methoxy groups -OCH3 is 1. The SMILES string of the molecule is CC[C@H]1OC(=O)[C@H](C)[C@@H](O[C@H]2C[C@@](C)(OC)[C@](O)(CN3CCN(C)CC3)[C@H](C)O2)[C@H](C)[C@@H](O[C@@H]2O[C@H](C)C[C@H]3[C@H]2O/C(=N\c2ccccc2)N3C)[C@](C)(O)C[C@@H](C)CN[C@H](C)[C@@H](O)[C@]1(C)O. The van der Waals surface area contributed by atoms with Crippen LogP contribution in [-0.2, 0) is 38.0 Å². The van der Waals surface area contributed by atoms with Gasteiger partial charge >= 0.3 is 5.97 Å². The van der Waals surface area contributed by atoms with Gasteiger partial charge in [0.1, 0.15) is 29.0 Å². The van der Waals surface area contributed by atoms with Crippen molar-refractivity contribution in [2.24, 2.45) is 22.7 Å². The van der Waals surface area contributed by atoms with E-state index in [4.69, 9.17) is 38.2 Å². The molecule has 5 fully saturated rings. The fourth-order valence-corrected chi connectivity index (χ4v) is 11.1. The molecule has 0 radical (unpaired) electrons. The first-order valence-corrected chi connectivity index (χ1v) is 24.3. The number of para-hydroxylation sites is 1. The molecule has 0 spiro atoms. The normalized spacial score (nSPS) is 45.7. The van der Waals surface area contributed by atoms with Gasteiger partial charge in [-0.15, -0.1) is 0 Å². The van der Waals surface area contributed by atoms with E-state index in [-0.39, 0.29) is 37.3 Å². The number of hydrogen-bond acceptors (Lipinski definition) is 16. The fraction of sp³-hybridized carbons (Fsp3) is 0.837. The highest BCUT2D eigenvalue weighted by Crippen LogP contribution is 2.44. The minimum atomic E-state index is -1.82. The molecule has 0 aliphatic carbocycles. The molecule has 0 aromatic heterocycles. The van der Waals surface area contributed by atoms with Crippen molar-refractivity contribution < 1.29 is 58.4 Å². The molecule has 1 aromatic carbocycles. The molecule has 5 heterocycles. The highest BCUT2D eigenvalue weighted by molar-refractivity contribution is 5.79. The van der Waals surface area contributed by atoms with Crippen molar-refractivity contribution in [2.75, 3.05) is 60.5 Å². The predicted molar refractivity (Wildman–Crippen MR) is 249 cm³/mol. The van der Waals surface area contributed by atoms with Gasteiger partial charge in [-0.1, -0.05) is 39.0 Å². The monoisotopic (exact) mass is 934 g/mol. The minimum absolute atomic E-state index is 0.112. The summed E-state index contributed by atoms with van der Waals surface area (Å²) in [4.78, 5) is 25.9. The molecule has 0 unspecified atom stereocenters. The number of benzene rings is 1. The van der Waals surface area contributed by atoms with Gasteiger partial charge in [-0.3, -0.25) is 9.69 Å². The lowest BCUT2D eigenvalue weighted by Gasteiger charge is -2.55. The van der Waals surface area contributed by atoms with Crippen LogP contribution in [0, 0.1) is 17.8 Å². The number of amidine groups is 1. The van der Waals surface area contributed by atoms with Crippen molar-refractivity contribution in [3.63, 3.8) is 0 Å². The zero-order valence-electron chi connectivity index (χ0n) is 41.9. The largest absolute Gasteiger partial charge is 0.459 e. The second kappa shape index (κ2) is 21.2. The molecule has 66 heavy (non-hydrogen) atoms. The van der Waals surface area contributed by atoms with Crippen LogP contribution in [0.1, 0.15) is 94.9 Å². The molecular formula is C49H83N5O12. The second-order valence-corrected chi connectivity index (χ2v) is 21.1. The number of rotatable bonds is 9. The van der Waals surface area contributed by atoms with E-state index in [1.165, 1.54) is 6.92 Å². The standard InChI is InChI=1S/C49H83N5O12/c1-14-37-48(10,58)41(55)33(6)50-27-29(2)25-46(8,57)42(66-44-40-36(24-30(3)61-44)53(12)45(65-40)51-35-18-16-15-17-19-35)31(4)39(32(5)43(56)63-37)64-38-26-47(9,60-13)49(59,34(7)62-38)28-54-22-20-52(11)21-23-54/h15-19,29-34,36-42,44,50,55,57-59H,14,20-28H2,1-13H3/b51-45-/t29-,30-,31+,32-,33-,34+,36+,37-,38+,39+,40-,41-,42-,44+,46-,47-,48-,49+/m1/s1. The van der Waals surface area contributed by atoms with Crippen molar-refractivity contribution in [3.8, 4) is 0 Å². The third-order valence-corrected chi connectivity index (χ3v) is 15.6. The molecule has 0 bridgehead atoms. The van der Waals surface area contributed by atoms with E-state index in [9.17, 15) is 25.2 Å². The van der Waals surface area contributed by atoms with E-state index >= 15 is 0 Å². The Balaban J connectivity index is 1.38. The van der Waals surface area contributed by atoms with Crippen LogP contribution in [-0.4, -0.2) is 197 Å². The molecule has 0 saturated carbocycles. The predicted octanol–water partition coefficient (Wildman–Crippen LogP) is 3.27. The number of hydrogen-bond donors (Lipinski definition) is 5. The summed E-state index contributed by atoms with van der Waals surface area (Å²) in [7, 11) is 5.61. The van der Waals surface area contributed by atoms with Crippen LogP contribution in [0.2, 0.25) is 0 Å². The Morgan fingerprint density at radius 3 is 2.21 bits per heavy atom. The first-order valence-electron chi connectivity index (χ1n) is 24.3. The number of carbonyl (C=O) groups excluding carboxylic acids is 1. The van der Waals surface area contributed by atoms with Crippen LogP contribution < -0.4 is 5.32 Å². The third-order valence-electron chi connectivity index (χ3n) is 15.6. The number of fused-ring (bicyclic) bond motifs is 1. The van der Waals surface area contributed by atoms with Crippen molar-refractivity contribution in [1.82, 2.24) is 20.0 Å². The number of aliphatic hydroxyl groups excluding tert-OH is 1. The van der Waals surface area contributed by atoms with Gasteiger partial charge in [-0.25, -0.2) is 0 Å². The molecule has 1 aromatic rings. The summed E-state index contributed by atoms with van der Waals surface area (Å²) in [6.45, 7) is 22.1. The lowest BCUT2D eigenvalue weighted by Crippen LogP contribution is -2.71. The van der Waals surface area contributed by atoms with E-state index in [0.29, 0.717) is 25.5 Å². The van der Waals surface area contributed by atoms with Crippen molar-refractivity contribution in [3.05, 3.63) is 30.3 Å². The summed E-state index contributed by atoms with van der Waals surface area (Å²) < 4.78 is 46.3. The summed E-state index contributed by atoms with van der Waals surface area (Å²) in [5.74, 6) is -2.63. The van der Waals surface area contributed by atoms with Gasteiger partial charge in [0.2, 0.25) is 0 Å². The zero-order valence-corrected chi connectivity index (χ0v) is 41.9. The maximum Gasteiger partial charge on any atom is 0.311 e. The third kappa shape index (κ3) is 11.2. The number of cyclic esters (lactones) is 1. The Hall–Kier alpha value is -2.52. The maximum atomic E-state index is 14.6. The van der Waals surface area contributed by atoms with Crippen LogP contribution in [0.5, 0.6) is 0 Å². The maximum absolute atomic E-state index is 14.6. The summed E-state index contributed by atoms with van der Waals surface area (Å²) >= 11 is 0. The number of likely N-dealkylation sites (N-methyl/N-ethyl adjacent to an activating group) is 2. The van der Waals surface area contributed by atoms with Crippen LogP contribution in [0.3, 0.4) is 0 Å². The van der Waals surface area contributed by atoms with Gasteiger partial charge in [0.25, 0.3) is 6.02 Å². The van der Waals surface area contributed by atoms with Crippen LogP contribution >= 0.6 is 0 Å². The van der Waals surface area contributed by atoms with Crippen molar-refractivity contribution in [1.29, 1.82) is 0 Å². The Labute approximate surface area is 393 Å². The molecule has 0 amide bonds. The number of aliphatic hydroxyl groups is 4. The zero-order chi connectivity index (χ0) is 48.5. The number of piperazine rings is 1. The topological polar surface area (TPSA) is 197 Å². The summed E-state index contributed by atoms with van der Waals surface area (Å²) in [5.41, 5.74) is -5.21. The Kier molecular flexibility index (Phi) is 17.0. The Morgan fingerprint density at radius 1 is 0.909 bits per heavy atom. The average Bonchev–Trinajstić information content (AvgIpc) is 3.58. The van der Waals surface area contributed by atoms with E-state index < -0.39 is 95.5 Å². The quantitative estimate of drug-likeness (QED) is 0.226. The van der Waals surface area contributed by atoms with Gasteiger partial charge in [0.15, 0.2) is 18.7 Å². The van der Waals surface area contributed by atoms with Gasteiger partial charge in [-0.2, -0.15) is 4.99 Å². The lowest BCUT2D eigenvalue weighted by molar-refractivity contribution is -0.338. The first kappa shape index (κ1) is 52.8. The number of aliphatic imine (C=N–C) groups is 1. The van der Waals surface area contributed by atoms with E-state index in [1.54, 1.807) is 34.8 Å². The highest BCUT2D eigenvalue weighted by atomic mass is 16.7. The van der Waals surface area contributed by atoms with E-state index in [2.05, 4.69) is 22.2 Å². The number of nitrogens with zero attached hydrogens (tertiary/aromatic N) is 4. The molecule has 17 heteroatoms. The Bertz CT molecular complexity index is 1770. The molecule has 17 nitrogen and oxygen atoms in total. The van der Waals surface area contributed by atoms with Gasteiger partial charge in [0, 0.05) is 65.3 Å². The molecular weight excluding hydrogens is 851 g/mol. The molecule has 376 valence electrons. The summed E-state index contributed by atoms with van der Waals surface area (Å²) in [6.07, 6.45) is -6.84. The lowest BCUT2D eigenvalue weighted by atomic mass is 9.74. The van der Waals surface area contributed by atoms with Gasteiger partial charge in [-0.05, 0) is 99.4 Å². The van der Waals surface area contributed by atoms with Crippen molar-refractivity contribution in [2.45, 2.75) is 185 Å². The van der Waals surface area contributed by atoms with Crippen LogP contribution in [0.15, 0.2) is 35.3 Å². The average molecular weight is 934 g/mol.